The second-order valence-electron chi connectivity index (χ2n) is 4.01. The molecule has 0 aromatic heterocycles. The van der Waals surface area contributed by atoms with Crippen LogP contribution < -0.4 is 0 Å². The Morgan fingerprint density at radius 1 is 1.50 bits per heavy atom. The van der Waals surface area contributed by atoms with Crippen molar-refractivity contribution >= 4 is 11.9 Å². The average Bonchev–Trinajstić information content (AvgIpc) is 2.69. The van der Waals surface area contributed by atoms with Crippen LogP contribution in [0.5, 0.6) is 0 Å². The first-order valence-electron chi connectivity index (χ1n) is 5.17. The van der Waals surface area contributed by atoms with E-state index in [-0.39, 0.29) is 12.5 Å². The van der Waals surface area contributed by atoms with Crippen molar-refractivity contribution in [1.29, 1.82) is 0 Å². The molecule has 78 valence electrons. The SMILES string of the molecule is O=C(O)CC1=NCC(C2CCCC2)O1. The molecular weight excluding hydrogens is 182 g/mol. The Kier molecular flexibility index (Phi) is 2.70. The standard InChI is InChI=1S/C10H15NO3/c12-10(13)5-9-11-6-8(14-9)7-3-1-2-4-7/h7-8H,1-6H2,(H,12,13). The molecule has 4 nitrogen and oxygen atoms in total. The molecule has 1 unspecified atom stereocenters. The molecule has 2 aliphatic rings. The van der Waals surface area contributed by atoms with Crippen molar-refractivity contribution < 1.29 is 14.6 Å². The first kappa shape index (κ1) is 9.49. The van der Waals surface area contributed by atoms with Crippen molar-refractivity contribution in [1.82, 2.24) is 0 Å². The van der Waals surface area contributed by atoms with Gasteiger partial charge in [0.15, 0.2) is 5.90 Å². The second-order valence-corrected chi connectivity index (χ2v) is 4.01. The van der Waals surface area contributed by atoms with Gasteiger partial charge in [-0.25, -0.2) is 0 Å². The molecule has 1 N–H and O–H groups in total. The lowest BCUT2D eigenvalue weighted by atomic mass is 10.0. The predicted octanol–water partition coefficient (Wildman–Crippen LogP) is 1.45. The molecule has 1 aliphatic heterocycles. The van der Waals surface area contributed by atoms with Gasteiger partial charge in [-0.15, -0.1) is 0 Å². The molecule has 1 fully saturated rings. The van der Waals surface area contributed by atoms with Gasteiger partial charge in [-0.05, 0) is 18.8 Å². The fourth-order valence-electron chi connectivity index (χ4n) is 2.24. The second kappa shape index (κ2) is 3.98. The van der Waals surface area contributed by atoms with Gasteiger partial charge in [0.1, 0.15) is 12.5 Å². The number of hydrogen-bond donors (Lipinski definition) is 1. The molecule has 0 saturated heterocycles. The normalized spacial score (nSPS) is 27.4. The van der Waals surface area contributed by atoms with Gasteiger partial charge in [-0.3, -0.25) is 9.79 Å². The van der Waals surface area contributed by atoms with Crippen LogP contribution in [-0.4, -0.2) is 29.6 Å². The Hall–Kier alpha value is -1.06. The first-order chi connectivity index (χ1) is 6.75. The first-order valence-corrected chi connectivity index (χ1v) is 5.17. The zero-order valence-corrected chi connectivity index (χ0v) is 8.11. The van der Waals surface area contributed by atoms with Crippen LogP contribution in [0.4, 0.5) is 0 Å². The number of aliphatic imine (C=N–C) groups is 1. The Bertz CT molecular complexity index is 256. The summed E-state index contributed by atoms with van der Waals surface area (Å²) in [7, 11) is 0. The molecule has 1 heterocycles. The van der Waals surface area contributed by atoms with E-state index in [1.54, 1.807) is 0 Å². The van der Waals surface area contributed by atoms with Crippen LogP contribution in [0.25, 0.3) is 0 Å². The molecule has 1 aliphatic carbocycles. The molecule has 1 atom stereocenters. The Balaban J connectivity index is 1.82. The van der Waals surface area contributed by atoms with E-state index in [0.29, 0.717) is 18.4 Å². The van der Waals surface area contributed by atoms with E-state index < -0.39 is 5.97 Å². The number of carboxylic acids is 1. The summed E-state index contributed by atoms with van der Waals surface area (Å²) in [6.45, 7) is 0.660. The average molecular weight is 197 g/mol. The maximum atomic E-state index is 10.4. The fraction of sp³-hybridized carbons (Fsp3) is 0.800. The zero-order chi connectivity index (χ0) is 9.97. The Labute approximate surface area is 83.0 Å². The summed E-state index contributed by atoms with van der Waals surface area (Å²) in [4.78, 5) is 14.5. The third-order valence-corrected chi connectivity index (χ3v) is 2.96. The fourth-order valence-corrected chi connectivity index (χ4v) is 2.24. The number of carboxylic acid groups (broad SMARTS) is 1. The van der Waals surface area contributed by atoms with Gasteiger partial charge in [0.05, 0.1) is 6.54 Å². The van der Waals surface area contributed by atoms with Gasteiger partial charge < -0.3 is 9.84 Å². The van der Waals surface area contributed by atoms with Gasteiger partial charge >= 0.3 is 5.97 Å². The molecule has 0 spiro atoms. The lowest BCUT2D eigenvalue weighted by Gasteiger charge is -2.17. The highest BCUT2D eigenvalue weighted by atomic mass is 16.5. The van der Waals surface area contributed by atoms with Crippen LogP contribution >= 0.6 is 0 Å². The lowest BCUT2D eigenvalue weighted by Crippen LogP contribution is -2.22. The molecule has 0 amide bonds. The van der Waals surface area contributed by atoms with Crippen LogP contribution in [0, 0.1) is 5.92 Å². The van der Waals surface area contributed by atoms with E-state index in [1.807, 2.05) is 0 Å². The van der Waals surface area contributed by atoms with Crippen LogP contribution in [0.3, 0.4) is 0 Å². The van der Waals surface area contributed by atoms with Crippen molar-refractivity contribution in [2.24, 2.45) is 10.9 Å². The van der Waals surface area contributed by atoms with E-state index >= 15 is 0 Å². The monoisotopic (exact) mass is 197 g/mol. The molecular formula is C10H15NO3. The number of ether oxygens (including phenoxy) is 1. The largest absolute Gasteiger partial charge is 0.481 e. The predicted molar refractivity (Wildman–Crippen MR) is 51.4 cm³/mol. The smallest absolute Gasteiger partial charge is 0.312 e. The van der Waals surface area contributed by atoms with E-state index in [4.69, 9.17) is 9.84 Å². The summed E-state index contributed by atoms with van der Waals surface area (Å²) in [5, 5.41) is 8.56. The minimum atomic E-state index is -0.865. The molecule has 1 saturated carbocycles. The van der Waals surface area contributed by atoms with Crippen LogP contribution in [0.1, 0.15) is 32.1 Å². The van der Waals surface area contributed by atoms with Gasteiger partial charge in [0.25, 0.3) is 0 Å². The minimum absolute atomic E-state index is 0.0663. The van der Waals surface area contributed by atoms with Crippen LogP contribution in [0.15, 0.2) is 4.99 Å². The molecule has 0 aromatic rings. The van der Waals surface area contributed by atoms with Crippen molar-refractivity contribution in [3.63, 3.8) is 0 Å². The number of carbonyl (C=O) groups is 1. The van der Waals surface area contributed by atoms with Gasteiger partial charge in [-0.2, -0.15) is 0 Å². The van der Waals surface area contributed by atoms with E-state index in [0.717, 1.165) is 0 Å². The summed E-state index contributed by atoms with van der Waals surface area (Å²) in [5.74, 6) is 0.148. The molecule has 0 aromatic carbocycles. The van der Waals surface area contributed by atoms with Crippen molar-refractivity contribution in [3.8, 4) is 0 Å². The van der Waals surface area contributed by atoms with E-state index in [1.165, 1.54) is 25.7 Å². The summed E-state index contributed by atoms with van der Waals surface area (Å²) < 4.78 is 5.53. The van der Waals surface area contributed by atoms with Gasteiger partial charge in [0, 0.05) is 0 Å². The highest BCUT2D eigenvalue weighted by molar-refractivity contribution is 5.94. The van der Waals surface area contributed by atoms with Crippen molar-refractivity contribution in [3.05, 3.63) is 0 Å². The van der Waals surface area contributed by atoms with E-state index in [9.17, 15) is 4.79 Å². The number of nitrogens with zero attached hydrogens (tertiary/aromatic N) is 1. The summed E-state index contributed by atoms with van der Waals surface area (Å²) >= 11 is 0. The maximum Gasteiger partial charge on any atom is 0.312 e. The highest BCUT2D eigenvalue weighted by Gasteiger charge is 2.31. The minimum Gasteiger partial charge on any atom is -0.481 e. The summed E-state index contributed by atoms with van der Waals surface area (Å²) in [6.07, 6.45) is 5.06. The van der Waals surface area contributed by atoms with E-state index in [2.05, 4.69) is 4.99 Å². The molecule has 0 bridgehead atoms. The third-order valence-electron chi connectivity index (χ3n) is 2.96. The quantitative estimate of drug-likeness (QED) is 0.744. The Morgan fingerprint density at radius 2 is 2.21 bits per heavy atom. The summed E-state index contributed by atoms with van der Waals surface area (Å²) in [5.41, 5.74) is 0. The summed E-state index contributed by atoms with van der Waals surface area (Å²) in [6, 6.07) is 0. The molecule has 4 heteroatoms. The molecule has 14 heavy (non-hydrogen) atoms. The van der Waals surface area contributed by atoms with Crippen molar-refractivity contribution in [2.75, 3.05) is 6.54 Å². The number of aliphatic carboxylic acids is 1. The lowest BCUT2D eigenvalue weighted by molar-refractivity contribution is -0.135. The number of rotatable bonds is 3. The third kappa shape index (κ3) is 2.05. The van der Waals surface area contributed by atoms with Crippen LogP contribution in [0.2, 0.25) is 0 Å². The highest BCUT2D eigenvalue weighted by Crippen LogP contribution is 2.31. The molecule has 2 rings (SSSR count). The van der Waals surface area contributed by atoms with Gasteiger partial charge in [-0.1, -0.05) is 12.8 Å². The van der Waals surface area contributed by atoms with Gasteiger partial charge in [0.2, 0.25) is 0 Å². The topological polar surface area (TPSA) is 58.9 Å². The maximum absolute atomic E-state index is 10.4. The van der Waals surface area contributed by atoms with Crippen LogP contribution in [-0.2, 0) is 9.53 Å². The zero-order valence-electron chi connectivity index (χ0n) is 8.11. The van der Waals surface area contributed by atoms with Crippen molar-refractivity contribution in [2.45, 2.75) is 38.2 Å². The number of hydrogen-bond acceptors (Lipinski definition) is 3. The Morgan fingerprint density at radius 3 is 2.86 bits per heavy atom. The molecule has 0 radical (unpaired) electrons.